The molecule has 2 unspecified atom stereocenters. The summed E-state index contributed by atoms with van der Waals surface area (Å²) < 4.78 is 4.88. The van der Waals surface area contributed by atoms with E-state index in [0.717, 1.165) is 12.8 Å². The number of halogens is 1. The maximum absolute atomic E-state index is 11.3. The van der Waals surface area contributed by atoms with E-state index in [4.69, 9.17) is 21.4 Å². The fraction of sp³-hybridized carbons (Fsp3) is 0.818. The Morgan fingerprint density at radius 2 is 2.12 bits per heavy atom. The number of rotatable bonds is 8. The van der Waals surface area contributed by atoms with Gasteiger partial charge in [0.15, 0.2) is 0 Å². The molecule has 0 bridgehead atoms. The van der Waals surface area contributed by atoms with Crippen molar-refractivity contribution in [1.82, 2.24) is 5.32 Å². The van der Waals surface area contributed by atoms with Gasteiger partial charge in [0, 0.05) is 6.42 Å². The van der Waals surface area contributed by atoms with Crippen LogP contribution in [0.4, 0.5) is 0 Å². The third-order valence-corrected chi connectivity index (χ3v) is 2.27. The molecule has 0 spiro atoms. The number of amides is 1. The van der Waals surface area contributed by atoms with Gasteiger partial charge in [0.1, 0.15) is 11.5 Å². The standard InChI is InChI=1S/C11H20ClNO4/c1-3-4-5-10(15)13-6-9(7-14)17-11(16)8(2)12/h8-9,14H,3-7H2,1-2H3,(H,13,15). The third-order valence-electron chi connectivity index (χ3n) is 2.10. The fourth-order valence-electron chi connectivity index (χ4n) is 1.05. The topological polar surface area (TPSA) is 75.6 Å². The van der Waals surface area contributed by atoms with E-state index in [1.807, 2.05) is 6.92 Å². The lowest BCUT2D eigenvalue weighted by Gasteiger charge is -2.16. The molecule has 0 saturated carbocycles. The van der Waals surface area contributed by atoms with Crippen LogP contribution in [0.15, 0.2) is 0 Å². The molecule has 5 nitrogen and oxygen atoms in total. The molecule has 2 atom stereocenters. The molecule has 0 radical (unpaired) electrons. The molecule has 6 heteroatoms. The summed E-state index contributed by atoms with van der Waals surface area (Å²) >= 11 is 5.52. The fourth-order valence-corrected chi connectivity index (χ4v) is 1.11. The minimum atomic E-state index is -0.764. The highest BCUT2D eigenvalue weighted by atomic mass is 35.5. The molecule has 0 fully saturated rings. The summed E-state index contributed by atoms with van der Waals surface area (Å²) in [6.07, 6.45) is 1.45. The van der Waals surface area contributed by atoms with Gasteiger partial charge in [-0.05, 0) is 13.3 Å². The summed E-state index contributed by atoms with van der Waals surface area (Å²) in [7, 11) is 0. The van der Waals surface area contributed by atoms with Crippen molar-refractivity contribution in [3.63, 3.8) is 0 Å². The number of aliphatic hydroxyl groups is 1. The molecular formula is C11H20ClNO4. The van der Waals surface area contributed by atoms with E-state index in [1.165, 1.54) is 6.92 Å². The van der Waals surface area contributed by atoms with Crippen molar-refractivity contribution >= 4 is 23.5 Å². The number of alkyl halides is 1. The van der Waals surface area contributed by atoms with E-state index in [0.29, 0.717) is 6.42 Å². The van der Waals surface area contributed by atoms with Crippen LogP contribution in [-0.2, 0) is 14.3 Å². The van der Waals surface area contributed by atoms with E-state index >= 15 is 0 Å². The summed E-state index contributed by atoms with van der Waals surface area (Å²) in [5, 5.41) is 10.8. The summed E-state index contributed by atoms with van der Waals surface area (Å²) in [5.74, 6) is -0.714. The number of carbonyl (C=O) groups excluding carboxylic acids is 2. The minimum absolute atomic E-state index is 0.106. The summed E-state index contributed by atoms with van der Waals surface area (Å²) in [6.45, 7) is 3.24. The van der Waals surface area contributed by atoms with E-state index in [-0.39, 0.29) is 19.1 Å². The Hall–Kier alpha value is -0.810. The molecule has 1 amide bonds. The lowest BCUT2D eigenvalue weighted by Crippen LogP contribution is -2.38. The largest absolute Gasteiger partial charge is 0.457 e. The maximum atomic E-state index is 11.3. The second kappa shape index (κ2) is 9.24. The Bertz CT molecular complexity index is 246. The minimum Gasteiger partial charge on any atom is -0.457 e. The number of nitrogens with one attached hydrogen (secondary N) is 1. The first kappa shape index (κ1) is 16.2. The molecule has 0 aliphatic heterocycles. The van der Waals surface area contributed by atoms with E-state index in [2.05, 4.69) is 5.32 Å². The normalized spacial score (nSPS) is 13.9. The van der Waals surface area contributed by atoms with Crippen molar-refractivity contribution in [2.75, 3.05) is 13.2 Å². The Kier molecular flexibility index (Phi) is 8.80. The van der Waals surface area contributed by atoms with Crippen LogP contribution in [0.3, 0.4) is 0 Å². The predicted octanol–water partition coefficient (Wildman–Crippen LogP) is 0.824. The van der Waals surface area contributed by atoms with E-state index < -0.39 is 17.5 Å². The average Bonchev–Trinajstić information content (AvgIpc) is 2.31. The van der Waals surface area contributed by atoms with Crippen LogP contribution in [0.2, 0.25) is 0 Å². The van der Waals surface area contributed by atoms with Gasteiger partial charge in [-0.3, -0.25) is 9.59 Å². The molecule has 0 aliphatic carbocycles. The van der Waals surface area contributed by atoms with E-state index in [1.54, 1.807) is 0 Å². The Morgan fingerprint density at radius 3 is 2.59 bits per heavy atom. The van der Waals surface area contributed by atoms with Gasteiger partial charge in [-0.2, -0.15) is 0 Å². The Labute approximate surface area is 106 Å². The van der Waals surface area contributed by atoms with Gasteiger partial charge in [0.25, 0.3) is 0 Å². The van der Waals surface area contributed by atoms with Gasteiger partial charge in [0.05, 0.1) is 13.2 Å². The van der Waals surface area contributed by atoms with Crippen molar-refractivity contribution < 1.29 is 19.4 Å². The highest BCUT2D eigenvalue weighted by Crippen LogP contribution is 2.01. The van der Waals surface area contributed by atoms with Crippen LogP contribution >= 0.6 is 11.6 Å². The van der Waals surface area contributed by atoms with Crippen LogP contribution < -0.4 is 5.32 Å². The highest BCUT2D eigenvalue weighted by Gasteiger charge is 2.18. The molecular weight excluding hydrogens is 246 g/mol. The summed E-state index contributed by atoms with van der Waals surface area (Å²) in [5.41, 5.74) is 0. The van der Waals surface area contributed by atoms with Crippen LogP contribution in [-0.4, -0.2) is 41.6 Å². The van der Waals surface area contributed by atoms with Crippen LogP contribution in [0.1, 0.15) is 33.1 Å². The zero-order valence-electron chi connectivity index (χ0n) is 10.2. The Morgan fingerprint density at radius 1 is 1.47 bits per heavy atom. The molecule has 0 rings (SSSR count). The lowest BCUT2D eigenvalue weighted by atomic mass is 10.2. The van der Waals surface area contributed by atoms with Crippen molar-refractivity contribution in [3.8, 4) is 0 Å². The van der Waals surface area contributed by atoms with Gasteiger partial charge >= 0.3 is 5.97 Å². The molecule has 2 N–H and O–H groups in total. The van der Waals surface area contributed by atoms with Gasteiger partial charge in [-0.1, -0.05) is 13.3 Å². The SMILES string of the molecule is CCCCC(=O)NCC(CO)OC(=O)C(C)Cl. The monoisotopic (exact) mass is 265 g/mol. The maximum Gasteiger partial charge on any atom is 0.324 e. The van der Waals surface area contributed by atoms with Crippen molar-refractivity contribution in [2.45, 2.75) is 44.6 Å². The average molecular weight is 266 g/mol. The number of hydrogen-bond donors (Lipinski definition) is 2. The molecule has 0 aromatic rings. The van der Waals surface area contributed by atoms with Gasteiger partial charge in [-0.25, -0.2) is 0 Å². The quantitative estimate of drug-likeness (QED) is 0.503. The highest BCUT2D eigenvalue weighted by molar-refractivity contribution is 6.29. The lowest BCUT2D eigenvalue weighted by molar-refractivity contribution is -0.150. The second-order valence-corrected chi connectivity index (χ2v) is 4.42. The predicted molar refractivity (Wildman–Crippen MR) is 64.8 cm³/mol. The summed E-state index contributed by atoms with van der Waals surface area (Å²) in [6, 6.07) is 0. The zero-order valence-corrected chi connectivity index (χ0v) is 11.0. The molecule has 0 saturated heterocycles. The zero-order chi connectivity index (χ0) is 13.3. The number of esters is 1. The number of carbonyl (C=O) groups is 2. The molecule has 0 heterocycles. The van der Waals surface area contributed by atoms with Gasteiger partial charge in [0.2, 0.25) is 5.91 Å². The van der Waals surface area contributed by atoms with E-state index in [9.17, 15) is 9.59 Å². The molecule has 17 heavy (non-hydrogen) atoms. The van der Waals surface area contributed by atoms with Crippen molar-refractivity contribution in [2.24, 2.45) is 0 Å². The number of aliphatic hydroxyl groups excluding tert-OH is 1. The number of hydrogen-bond acceptors (Lipinski definition) is 4. The first-order chi connectivity index (χ1) is 8.01. The number of unbranched alkanes of at least 4 members (excludes halogenated alkanes) is 1. The van der Waals surface area contributed by atoms with Gasteiger partial charge in [-0.15, -0.1) is 11.6 Å². The molecule has 0 aromatic carbocycles. The third kappa shape index (κ3) is 7.99. The second-order valence-electron chi connectivity index (χ2n) is 3.77. The van der Waals surface area contributed by atoms with Crippen molar-refractivity contribution in [1.29, 1.82) is 0 Å². The summed E-state index contributed by atoms with van der Waals surface area (Å²) in [4.78, 5) is 22.4. The smallest absolute Gasteiger partial charge is 0.324 e. The first-order valence-corrected chi connectivity index (χ1v) is 6.17. The molecule has 0 aromatic heterocycles. The molecule has 100 valence electrons. The molecule has 0 aliphatic rings. The Balaban J connectivity index is 3.89. The van der Waals surface area contributed by atoms with Crippen molar-refractivity contribution in [3.05, 3.63) is 0 Å². The van der Waals surface area contributed by atoms with Crippen LogP contribution in [0.5, 0.6) is 0 Å². The van der Waals surface area contributed by atoms with Crippen LogP contribution in [0, 0.1) is 0 Å². The van der Waals surface area contributed by atoms with Crippen LogP contribution in [0.25, 0.3) is 0 Å². The first-order valence-electron chi connectivity index (χ1n) is 5.73. The number of ether oxygens (including phenoxy) is 1. The van der Waals surface area contributed by atoms with Gasteiger partial charge < -0.3 is 15.2 Å².